The van der Waals surface area contributed by atoms with Gasteiger partial charge in [-0.2, -0.15) is 0 Å². The molecule has 0 bridgehead atoms. The minimum Gasteiger partial charge on any atom is -0.462 e. The van der Waals surface area contributed by atoms with Crippen molar-refractivity contribution in [2.45, 2.75) is 258 Å². The monoisotopic (exact) mass is 1010 g/mol. The molecule has 0 saturated carbocycles. The van der Waals surface area contributed by atoms with Gasteiger partial charge in [-0.15, -0.1) is 0 Å². The summed E-state index contributed by atoms with van der Waals surface area (Å²) in [7, 11) is 0. The van der Waals surface area contributed by atoms with Crippen LogP contribution in [0.2, 0.25) is 0 Å². The van der Waals surface area contributed by atoms with E-state index in [1.54, 1.807) is 0 Å². The maximum atomic E-state index is 12.9. The van der Waals surface area contributed by atoms with Gasteiger partial charge in [0.25, 0.3) is 0 Å². The Labute approximate surface area is 449 Å². The van der Waals surface area contributed by atoms with Crippen molar-refractivity contribution in [1.82, 2.24) is 0 Å². The van der Waals surface area contributed by atoms with Crippen LogP contribution in [0.15, 0.2) is 134 Å². The fourth-order valence-electron chi connectivity index (χ4n) is 7.80. The second-order valence-corrected chi connectivity index (χ2v) is 19.1. The molecule has 1 unspecified atom stereocenters. The first-order chi connectivity index (χ1) is 36.0. The van der Waals surface area contributed by atoms with Crippen LogP contribution in [0.25, 0.3) is 0 Å². The van der Waals surface area contributed by atoms with Crippen molar-refractivity contribution in [2.75, 3.05) is 13.2 Å². The predicted octanol–water partition coefficient (Wildman–Crippen LogP) is 20.2. The Morgan fingerprint density at radius 1 is 0.274 bits per heavy atom. The molecule has 0 N–H and O–H groups in total. The molecule has 412 valence electrons. The summed E-state index contributed by atoms with van der Waals surface area (Å²) in [5.74, 6) is -0.977. The highest BCUT2D eigenvalue weighted by Crippen LogP contribution is 2.15. The lowest BCUT2D eigenvalue weighted by molar-refractivity contribution is -0.167. The number of allylic oxidation sites excluding steroid dienone is 22. The van der Waals surface area contributed by atoms with E-state index in [1.165, 1.54) is 77.0 Å². The van der Waals surface area contributed by atoms with Crippen LogP contribution in [0.1, 0.15) is 252 Å². The summed E-state index contributed by atoms with van der Waals surface area (Å²) in [6.45, 7) is 6.25. The van der Waals surface area contributed by atoms with Gasteiger partial charge in [0.1, 0.15) is 13.2 Å². The summed E-state index contributed by atoms with van der Waals surface area (Å²) in [5.41, 5.74) is 0. The standard InChI is InChI=1S/C67H108O6/c1-4-7-10-13-16-19-22-25-28-31-33-36-39-42-45-48-51-54-57-60-66(69)72-63-64(62-71-65(68)59-56-53-50-47-44-41-38-35-30-27-24-21-18-15-12-9-6-3)73-67(70)61-58-55-52-49-46-43-40-37-34-32-29-26-23-20-17-14-11-8-5-2/h7-12,16-21,25-30,38,41,47,50,64H,4-6,13-15,22-24,31-37,39-40,42-46,48-49,51-63H2,1-3H3/b10-7-,11-8-,12-9-,19-16-,20-17-,21-18-,28-25-,29-26-,30-27-,41-38-,50-47-. The highest BCUT2D eigenvalue weighted by Gasteiger charge is 2.19. The van der Waals surface area contributed by atoms with Gasteiger partial charge in [-0.1, -0.05) is 244 Å². The van der Waals surface area contributed by atoms with Crippen LogP contribution < -0.4 is 0 Å². The van der Waals surface area contributed by atoms with E-state index >= 15 is 0 Å². The molecule has 0 aromatic heterocycles. The molecule has 1 atom stereocenters. The lowest BCUT2D eigenvalue weighted by Gasteiger charge is -2.18. The molecule has 0 aromatic rings. The van der Waals surface area contributed by atoms with E-state index in [2.05, 4.69) is 154 Å². The summed E-state index contributed by atoms with van der Waals surface area (Å²) in [5, 5.41) is 0. The molecule has 0 aliphatic rings. The van der Waals surface area contributed by atoms with Gasteiger partial charge >= 0.3 is 17.9 Å². The van der Waals surface area contributed by atoms with Crippen LogP contribution in [0.4, 0.5) is 0 Å². The smallest absolute Gasteiger partial charge is 0.306 e. The Morgan fingerprint density at radius 3 is 0.822 bits per heavy atom. The second-order valence-electron chi connectivity index (χ2n) is 19.1. The average Bonchev–Trinajstić information content (AvgIpc) is 3.39. The van der Waals surface area contributed by atoms with Crippen molar-refractivity contribution in [3.05, 3.63) is 134 Å². The highest BCUT2D eigenvalue weighted by molar-refractivity contribution is 5.71. The van der Waals surface area contributed by atoms with Crippen LogP contribution in [-0.2, 0) is 28.6 Å². The lowest BCUT2D eigenvalue weighted by atomic mass is 10.1. The van der Waals surface area contributed by atoms with Crippen molar-refractivity contribution in [2.24, 2.45) is 0 Å². The highest BCUT2D eigenvalue weighted by atomic mass is 16.6. The average molecular weight is 1010 g/mol. The van der Waals surface area contributed by atoms with E-state index in [0.717, 1.165) is 128 Å². The summed E-state index contributed by atoms with van der Waals surface area (Å²) in [4.78, 5) is 38.2. The molecule has 0 aliphatic carbocycles. The van der Waals surface area contributed by atoms with Crippen molar-refractivity contribution in [1.29, 1.82) is 0 Å². The third kappa shape index (κ3) is 58.3. The van der Waals surface area contributed by atoms with Gasteiger partial charge in [-0.3, -0.25) is 14.4 Å². The minimum absolute atomic E-state index is 0.105. The zero-order valence-electron chi connectivity index (χ0n) is 47.1. The van der Waals surface area contributed by atoms with Crippen LogP contribution in [0.5, 0.6) is 0 Å². The third-order valence-electron chi connectivity index (χ3n) is 12.1. The normalized spacial score (nSPS) is 13.1. The van der Waals surface area contributed by atoms with Gasteiger partial charge in [-0.25, -0.2) is 0 Å². The van der Waals surface area contributed by atoms with Crippen LogP contribution in [0.3, 0.4) is 0 Å². The molecular formula is C67H108O6. The van der Waals surface area contributed by atoms with Crippen molar-refractivity contribution in [3.8, 4) is 0 Å². The molecule has 0 saturated heterocycles. The maximum absolute atomic E-state index is 12.9. The molecule has 6 heteroatoms. The molecule has 0 aliphatic heterocycles. The number of ether oxygens (including phenoxy) is 3. The van der Waals surface area contributed by atoms with Crippen molar-refractivity contribution in [3.63, 3.8) is 0 Å². The SMILES string of the molecule is CC/C=C\C/C=C\C/C=C\C/C=C\C/C=C\CCCC(=O)OCC(COC(=O)CCCCCCCCCCC/C=C\C/C=C\C/C=C\CC)OC(=O)CCCCCCCCCCC/C=C\C/C=C\C/C=C\CC. The summed E-state index contributed by atoms with van der Waals surface area (Å²) in [6, 6.07) is 0. The Kier molecular flexibility index (Phi) is 56.4. The molecule has 0 heterocycles. The van der Waals surface area contributed by atoms with Crippen molar-refractivity contribution < 1.29 is 28.6 Å². The first kappa shape index (κ1) is 68.6. The largest absolute Gasteiger partial charge is 0.462 e. The van der Waals surface area contributed by atoms with Crippen LogP contribution in [-0.4, -0.2) is 37.2 Å². The topological polar surface area (TPSA) is 78.9 Å². The molecule has 73 heavy (non-hydrogen) atoms. The molecule has 0 spiro atoms. The van der Waals surface area contributed by atoms with E-state index < -0.39 is 6.10 Å². The molecule has 0 fully saturated rings. The number of unbranched alkanes of at least 4 members (excludes halogenated alkanes) is 19. The van der Waals surface area contributed by atoms with Crippen molar-refractivity contribution >= 4 is 17.9 Å². The van der Waals surface area contributed by atoms with Gasteiger partial charge in [0.15, 0.2) is 6.10 Å². The Morgan fingerprint density at radius 2 is 0.507 bits per heavy atom. The third-order valence-corrected chi connectivity index (χ3v) is 12.1. The summed E-state index contributed by atoms with van der Waals surface area (Å²) >= 11 is 0. The number of hydrogen-bond donors (Lipinski definition) is 0. The molecule has 0 amide bonds. The lowest BCUT2D eigenvalue weighted by Crippen LogP contribution is -2.30. The number of rotatable bonds is 52. The fraction of sp³-hybridized carbons (Fsp3) is 0.627. The number of esters is 3. The Hall–Kier alpha value is -4.45. The van der Waals surface area contributed by atoms with Gasteiger partial charge < -0.3 is 14.2 Å². The zero-order chi connectivity index (χ0) is 52.9. The van der Waals surface area contributed by atoms with E-state index in [-0.39, 0.29) is 37.5 Å². The quantitative estimate of drug-likeness (QED) is 0.0261. The van der Waals surface area contributed by atoms with Crippen LogP contribution in [0, 0.1) is 0 Å². The molecular weight excluding hydrogens is 901 g/mol. The van der Waals surface area contributed by atoms with Gasteiger partial charge in [-0.05, 0) is 122 Å². The van der Waals surface area contributed by atoms with Crippen LogP contribution >= 0.6 is 0 Å². The fourth-order valence-corrected chi connectivity index (χ4v) is 7.80. The molecule has 6 nitrogen and oxygen atoms in total. The molecule has 0 radical (unpaired) electrons. The first-order valence-electron chi connectivity index (χ1n) is 29.7. The van der Waals surface area contributed by atoms with E-state index in [4.69, 9.17) is 14.2 Å². The van der Waals surface area contributed by atoms with Gasteiger partial charge in [0, 0.05) is 19.3 Å². The minimum atomic E-state index is -0.812. The van der Waals surface area contributed by atoms with E-state index in [0.29, 0.717) is 19.3 Å². The maximum Gasteiger partial charge on any atom is 0.306 e. The zero-order valence-corrected chi connectivity index (χ0v) is 47.1. The number of carbonyl (C=O) groups excluding carboxylic acids is 3. The molecule has 0 rings (SSSR count). The van der Waals surface area contributed by atoms with Gasteiger partial charge in [0.2, 0.25) is 0 Å². The Bertz CT molecular complexity index is 1580. The predicted molar refractivity (Wildman–Crippen MR) is 316 cm³/mol. The number of hydrogen-bond acceptors (Lipinski definition) is 6. The summed E-state index contributed by atoms with van der Waals surface area (Å²) in [6.07, 6.45) is 84.5. The van der Waals surface area contributed by atoms with E-state index in [1.807, 2.05) is 0 Å². The van der Waals surface area contributed by atoms with Gasteiger partial charge in [0.05, 0.1) is 0 Å². The molecule has 0 aromatic carbocycles. The Balaban J connectivity index is 4.49. The first-order valence-corrected chi connectivity index (χ1v) is 29.7. The number of carbonyl (C=O) groups is 3. The van der Waals surface area contributed by atoms with E-state index in [9.17, 15) is 14.4 Å². The summed E-state index contributed by atoms with van der Waals surface area (Å²) < 4.78 is 16.8. The second kappa shape index (κ2) is 60.1.